The molecule has 0 radical (unpaired) electrons. The minimum absolute atomic E-state index is 0.343. The van der Waals surface area contributed by atoms with Gasteiger partial charge in [-0.1, -0.05) is 30.3 Å². The third-order valence-electron chi connectivity index (χ3n) is 2.81. The molecule has 14 heavy (non-hydrogen) atoms. The van der Waals surface area contributed by atoms with E-state index in [9.17, 15) is 0 Å². The number of hydrazine groups is 1. The van der Waals surface area contributed by atoms with Crippen molar-refractivity contribution in [2.75, 3.05) is 26.7 Å². The van der Waals surface area contributed by atoms with Crippen molar-refractivity contribution in [3.8, 4) is 0 Å². The molecule has 1 heterocycles. The highest BCUT2D eigenvalue weighted by molar-refractivity contribution is 5.19. The predicted molar refractivity (Wildman–Crippen MR) is 57.6 cm³/mol. The van der Waals surface area contributed by atoms with E-state index < -0.39 is 0 Å². The SMILES string of the molecule is CN1CCN(N)C(c2ccccc2)C1. The van der Waals surface area contributed by atoms with Crippen LogP contribution in [0.3, 0.4) is 0 Å². The minimum atomic E-state index is 0.343. The van der Waals surface area contributed by atoms with Gasteiger partial charge >= 0.3 is 0 Å². The normalized spacial score (nSPS) is 25.1. The summed E-state index contributed by atoms with van der Waals surface area (Å²) in [6.07, 6.45) is 0. The van der Waals surface area contributed by atoms with E-state index in [1.165, 1.54) is 5.56 Å². The molecule has 1 atom stereocenters. The molecule has 76 valence electrons. The van der Waals surface area contributed by atoms with Gasteiger partial charge in [-0.2, -0.15) is 0 Å². The second kappa shape index (κ2) is 4.09. The first kappa shape index (κ1) is 9.65. The number of rotatable bonds is 1. The zero-order valence-corrected chi connectivity index (χ0v) is 8.56. The zero-order chi connectivity index (χ0) is 9.97. The summed E-state index contributed by atoms with van der Waals surface area (Å²) in [5.74, 6) is 5.98. The minimum Gasteiger partial charge on any atom is -0.303 e. The van der Waals surface area contributed by atoms with E-state index >= 15 is 0 Å². The van der Waals surface area contributed by atoms with Crippen LogP contribution in [0.5, 0.6) is 0 Å². The summed E-state index contributed by atoms with van der Waals surface area (Å²) in [6, 6.07) is 10.8. The van der Waals surface area contributed by atoms with Crippen molar-refractivity contribution in [2.45, 2.75) is 6.04 Å². The van der Waals surface area contributed by atoms with Crippen LogP contribution in [0, 0.1) is 0 Å². The average molecular weight is 191 g/mol. The molecule has 3 nitrogen and oxygen atoms in total. The van der Waals surface area contributed by atoms with Crippen molar-refractivity contribution < 1.29 is 0 Å². The molecule has 0 aliphatic carbocycles. The standard InChI is InChI=1S/C11H17N3/c1-13-7-8-14(12)11(9-13)10-5-3-2-4-6-10/h2-6,11H,7-9,12H2,1H3. The van der Waals surface area contributed by atoms with Crippen LogP contribution in [0.15, 0.2) is 30.3 Å². The lowest BCUT2D eigenvalue weighted by Crippen LogP contribution is -2.49. The van der Waals surface area contributed by atoms with Crippen LogP contribution in [-0.2, 0) is 0 Å². The number of likely N-dealkylation sites (N-methyl/N-ethyl adjacent to an activating group) is 1. The van der Waals surface area contributed by atoms with Crippen LogP contribution < -0.4 is 5.84 Å². The van der Waals surface area contributed by atoms with E-state index in [0.717, 1.165) is 19.6 Å². The Kier molecular flexibility index (Phi) is 2.82. The van der Waals surface area contributed by atoms with Gasteiger partial charge in [0.25, 0.3) is 0 Å². The molecule has 1 fully saturated rings. The van der Waals surface area contributed by atoms with Crippen molar-refractivity contribution in [1.82, 2.24) is 9.91 Å². The maximum atomic E-state index is 5.98. The Bertz CT molecular complexity index is 286. The fourth-order valence-corrected chi connectivity index (χ4v) is 1.91. The molecule has 2 rings (SSSR count). The van der Waals surface area contributed by atoms with E-state index in [0.29, 0.717) is 6.04 Å². The number of nitrogens with two attached hydrogens (primary N) is 1. The molecule has 1 aliphatic heterocycles. The fourth-order valence-electron chi connectivity index (χ4n) is 1.91. The maximum absolute atomic E-state index is 5.98. The van der Waals surface area contributed by atoms with Gasteiger partial charge in [0.15, 0.2) is 0 Å². The average Bonchev–Trinajstić information content (AvgIpc) is 2.23. The Labute approximate surface area is 85.1 Å². The van der Waals surface area contributed by atoms with Crippen LogP contribution in [0.25, 0.3) is 0 Å². The molecule has 0 bridgehead atoms. The summed E-state index contributed by atoms with van der Waals surface area (Å²) >= 11 is 0. The molecule has 2 N–H and O–H groups in total. The van der Waals surface area contributed by atoms with Crippen molar-refractivity contribution >= 4 is 0 Å². The first-order valence-electron chi connectivity index (χ1n) is 5.02. The molecule has 0 saturated carbocycles. The third kappa shape index (κ3) is 1.95. The Morgan fingerprint density at radius 3 is 2.64 bits per heavy atom. The predicted octanol–water partition coefficient (Wildman–Crippen LogP) is 0.849. The van der Waals surface area contributed by atoms with E-state index in [1.807, 2.05) is 11.1 Å². The number of benzene rings is 1. The quantitative estimate of drug-likeness (QED) is 0.668. The van der Waals surface area contributed by atoms with Crippen molar-refractivity contribution in [1.29, 1.82) is 0 Å². The summed E-state index contributed by atoms with van der Waals surface area (Å²) in [4.78, 5) is 2.32. The molecule has 1 aliphatic rings. The lowest BCUT2D eigenvalue weighted by molar-refractivity contribution is 0.0905. The van der Waals surface area contributed by atoms with Crippen molar-refractivity contribution in [3.63, 3.8) is 0 Å². The molecule has 1 aromatic carbocycles. The fraction of sp³-hybridized carbons (Fsp3) is 0.455. The number of nitrogens with zero attached hydrogens (tertiary/aromatic N) is 2. The number of piperazine rings is 1. The van der Waals surface area contributed by atoms with Gasteiger partial charge in [0.05, 0.1) is 6.04 Å². The molecule has 1 aromatic rings. The van der Waals surface area contributed by atoms with Crippen molar-refractivity contribution in [3.05, 3.63) is 35.9 Å². The highest BCUT2D eigenvalue weighted by Gasteiger charge is 2.23. The molecule has 0 spiro atoms. The number of hydrogen-bond acceptors (Lipinski definition) is 3. The van der Waals surface area contributed by atoms with Gasteiger partial charge in [-0.3, -0.25) is 5.84 Å². The Morgan fingerprint density at radius 2 is 1.93 bits per heavy atom. The maximum Gasteiger partial charge on any atom is 0.0618 e. The second-order valence-electron chi connectivity index (χ2n) is 3.93. The van der Waals surface area contributed by atoms with Gasteiger partial charge in [0, 0.05) is 19.6 Å². The van der Waals surface area contributed by atoms with Gasteiger partial charge in [0.2, 0.25) is 0 Å². The summed E-state index contributed by atoms with van der Waals surface area (Å²) < 4.78 is 0. The lowest BCUT2D eigenvalue weighted by atomic mass is 10.0. The Morgan fingerprint density at radius 1 is 1.21 bits per heavy atom. The monoisotopic (exact) mass is 191 g/mol. The van der Waals surface area contributed by atoms with Crippen LogP contribution in [-0.4, -0.2) is 36.6 Å². The van der Waals surface area contributed by atoms with Crippen LogP contribution in [0.1, 0.15) is 11.6 Å². The Balaban J connectivity index is 2.16. The van der Waals surface area contributed by atoms with Crippen LogP contribution in [0.4, 0.5) is 0 Å². The highest BCUT2D eigenvalue weighted by Crippen LogP contribution is 2.21. The van der Waals surface area contributed by atoms with Gasteiger partial charge in [-0.05, 0) is 12.6 Å². The molecule has 3 heteroatoms. The van der Waals surface area contributed by atoms with Gasteiger partial charge < -0.3 is 4.90 Å². The first-order chi connectivity index (χ1) is 6.77. The first-order valence-corrected chi connectivity index (χ1v) is 5.02. The molecule has 1 saturated heterocycles. The van der Waals surface area contributed by atoms with E-state index in [1.54, 1.807) is 0 Å². The van der Waals surface area contributed by atoms with E-state index in [-0.39, 0.29) is 0 Å². The van der Waals surface area contributed by atoms with Crippen LogP contribution >= 0.6 is 0 Å². The van der Waals surface area contributed by atoms with E-state index in [2.05, 4.69) is 36.2 Å². The summed E-state index contributed by atoms with van der Waals surface area (Å²) in [5, 5.41) is 1.94. The highest BCUT2D eigenvalue weighted by atomic mass is 15.5. The van der Waals surface area contributed by atoms with Crippen molar-refractivity contribution in [2.24, 2.45) is 5.84 Å². The molecular weight excluding hydrogens is 174 g/mol. The number of hydrogen-bond donors (Lipinski definition) is 1. The molecule has 1 unspecified atom stereocenters. The lowest BCUT2D eigenvalue weighted by Gasteiger charge is -2.37. The largest absolute Gasteiger partial charge is 0.303 e. The van der Waals surface area contributed by atoms with Gasteiger partial charge in [-0.15, -0.1) is 0 Å². The Hall–Kier alpha value is -0.900. The zero-order valence-electron chi connectivity index (χ0n) is 8.56. The molecule has 0 aromatic heterocycles. The second-order valence-corrected chi connectivity index (χ2v) is 3.93. The smallest absolute Gasteiger partial charge is 0.0618 e. The van der Waals surface area contributed by atoms with Crippen LogP contribution in [0.2, 0.25) is 0 Å². The summed E-state index contributed by atoms with van der Waals surface area (Å²) in [5.41, 5.74) is 1.31. The third-order valence-corrected chi connectivity index (χ3v) is 2.81. The topological polar surface area (TPSA) is 32.5 Å². The molecular formula is C11H17N3. The van der Waals surface area contributed by atoms with Gasteiger partial charge in [0.1, 0.15) is 0 Å². The van der Waals surface area contributed by atoms with Gasteiger partial charge in [-0.25, -0.2) is 5.01 Å². The summed E-state index contributed by atoms with van der Waals surface area (Å²) in [7, 11) is 2.14. The van der Waals surface area contributed by atoms with E-state index in [4.69, 9.17) is 5.84 Å². The summed E-state index contributed by atoms with van der Waals surface area (Å²) in [6.45, 7) is 3.01. The molecule has 0 amide bonds.